The van der Waals surface area contributed by atoms with Gasteiger partial charge in [0.2, 0.25) is 5.91 Å². The first-order chi connectivity index (χ1) is 9.60. The molecule has 0 bridgehead atoms. The first kappa shape index (κ1) is 18.2. The molecule has 1 aliphatic rings. The maximum atomic E-state index is 13.0. The minimum atomic E-state index is -0.894. The molecule has 1 saturated carbocycles. The summed E-state index contributed by atoms with van der Waals surface area (Å²) in [5, 5.41) is 2.97. The monoisotopic (exact) mass is 336 g/mol. The van der Waals surface area contributed by atoms with Crippen LogP contribution < -0.4 is 11.1 Å². The van der Waals surface area contributed by atoms with Gasteiger partial charge < -0.3 is 11.1 Å². The quantitative estimate of drug-likeness (QED) is 0.813. The van der Waals surface area contributed by atoms with Gasteiger partial charge in [-0.25, -0.2) is 8.78 Å². The van der Waals surface area contributed by atoms with E-state index in [0.29, 0.717) is 17.4 Å². The maximum Gasteiger partial charge on any atom is 0.230 e. The van der Waals surface area contributed by atoms with Crippen LogP contribution in [0.3, 0.4) is 0 Å². The zero-order valence-electron chi connectivity index (χ0n) is 11.5. The van der Waals surface area contributed by atoms with Gasteiger partial charge in [0.25, 0.3) is 0 Å². The summed E-state index contributed by atoms with van der Waals surface area (Å²) in [5.74, 6) is -1.32. The van der Waals surface area contributed by atoms with Crippen molar-refractivity contribution in [3.05, 3.63) is 29.8 Å². The van der Waals surface area contributed by atoms with Gasteiger partial charge in [0, 0.05) is 10.9 Å². The van der Waals surface area contributed by atoms with Gasteiger partial charge in [0.15, 0.2) is 11.6 Å². The number of carbonyl (C=O) groups excluding carboxylic acids is 1. The number of carbonyl (C=O) groups is 1. The molecule has 21 heavy (non-hydrogen) atoms. The van der Waals surface area contributed by atoms with Gasteiger partial charge in [0.05, 0.1) is 5.75 Å². The Kier molecular flexibility index (Phi) is 7.42. The summed E-state index contributed by atoms with van der Waals surface area (Å²) < 4.78 is 25.8. The van der Waals surface area contributed by atoms with E-state index in [2.05, 4.69) is 5.32 Å². The van der Waals surface area contributed by atoms with E-state index in [1.807, 2.05) is 0 Å². The highest BCUT2D eigenvalue weighted by Crippen LogP contribution is 2.25. The fourth-order valence-corrected chi connectivity index (χ4v) is 3.21. The third-order valence-electron chi connectivity index (χ3n) is 3.57. The molecule has 3 N–H and O–H groups in total. The van der Waals surface area contributed by atoms with Crippen LogP contribution in [0.25, 0.3) is 0 Å². The van der Waals surface area contributed by atoms with E-state index in [0.717, 1.165) is 31.4 Å². The molecule has 2 atom stereocenters. The minimum Gasteiger partial charge on any atom is -0.352 e. The van der Waals surface area contributed by atoms with Gasteiger partial charge in [0.1, 0.15) is 0 Å². The van der Waals surface area contributed by atoms with E-state index in [9.17, 15) is 13.6 Å². The van der Waals surface area contributed by atoms with Crippen molar-refractivity contribution in [3.8, 4) is 0 Å². The molecule has 118 valence electrons. The van der Waals surface area contributed by atoms with Crippen LogP contribution in [-0.2, 0) is 4.79 Å². The van der Waals surface area contributed by atoms with Crippen molar-refractivity contribution < 1.29 is 13.6 Å². The fraction of sp³-hybridized carbons (Fsp3) is 0.500. The Morgan fingerprint density at radius 3 is 2.76 bits per heavy atom. The molecule has 1 aromatic carbocycles. The second-order valence-corrected chi connectivity index (χ2v) is 6.01. The Labute approximate surface area is 133 Å². The number of thioether (sulfide) groups is 1. The molecule has 0 aromatic heterocycles. The molecule has 2 rings (SSSR count). The predicted molar refractivity (Wildman–Crippen MR) is 82.7 cm³/mol. The van der Waals surface area contributed by atoms with Crippen LogP contribution in [-0.4, -0.2) is 24.2 Å². The second-order valence-electron chi connectivity index (χ2n) is 4.97. The van der Waals surface area contributed by atoms with Gasteiger partial charge in [-0.2, -0.15) is 0 Å². The Bertz CT molecular complexity index is 490. The average molecular weight is 337 g/mol. The first-order valence-corrected chi connectivity index (χ1v) is 7.66. The van der Waals surface area contributed by atoms with Crippen LogP contribution in [0.2, 0.25) is 0 Å². The lowest BCUT2D eigenvalue weighted by molar-refractivity contribution is -0.119. The molecule has 1 amide bonds. The average Bonchev–Trinajstić information content (AvgIpc) is 2.87. The first-order valence-electron chi connectivity index (χ1n) is 6.67. The SMILES string of the molecule is Cl.NCC1CCCC1NC(=O)CSc1ccc(F)c(F)c1. The summed E-state index contributed by atoms with van der Waals surface area (Å²) in [7, 11) is 0. The third-order valence-corrected chi connectivity index (χ3v) is 4.56. The van der Waals surface area contributed by atoms with Gasteiger partial charge in [-0.15, -0.1) is 24.2 Å². The lowest BCUT2D eigenvalue weighted by Crippen LogP contribution is -2.40. The van der Waals surface area contributed by atoms with E-state index in [4.69, 9.17) is 5.73 Å². The second kappa shape index (κ2) is 8.56. The lowest BCUT2D eigenvalue weighted by atomic mass is 10.0. The van der Waals surface area contributed by atoms with Crippen LogP contribution in [0.5, 0.6) is 0 Å². The molecular weight excluding hydrogens is 318 g/mol. The van der Waals surface area contributed by atoms with E-state index in [1.54, 1.807) is 0 Å². The molecular formula is C14H19ClF2N2OS. The van der Waals surface area contributed by atoms with Crippen molar-refractivity contribution >= 4 is 30.1 Å². The minimum absolute atomic E-state index is 0. The van der Waals surface area contributed by atoms with Crippen LogP contribution in [0.15, 0.2) is 23.1 Å². The molecule has 1 fully saturated rings. The molecule has 0 aliphatic heterocycles. The highest BCUT2D eigenvalue weighted by atomic mass is 35.5. The van der Waals surface area contributed by atoms with E-state index in [1.165, 1.54) is 17.8 Å². The zero-order chi connectivity index (χ0) is 14.5. The molecule has 7 heteroatoms. The van der Waals surface area contributed by atoms with Crippen LogP contribution in [0, 0.1) is 17.6 Å². The van der Waals surface area contributed by atoms with Crippen LogP contribution >= 0.6 is 24.2 Å². The Morgan fingerprint density at radius 2 is 2.10 bits per heavy atom. The van der Waals surface area contributed by atoms with Crippen molar-refractivity contribution in [2.24, 2.45) is 11.7 Å². The van der Waals surface area contributed by atoms with Crippen molar-refractivity contribution in [2.45, 2.75) is 30.2 Å². The summed E-state index contributed by atoms with van der Waals surface area (Å²) in [6, 6.07) is 3.79. The van der Waals surface area contributed by atoms with E-state index < -0.39 is 11.6 Å². The molecule has 3 nitrogen and oxygen atoms in total. The summed E-state index contributed by atoms with van der Waals surface area (Å²) in [4.78, 5) is 12.4. The Hall–Kier alpha value is -0.850. The number of rotatable bonds is 5. The molecule has 0 saturated heterocycles. The number of nitrogens with one attached hydrogen (secondary N) is 1. The van der Waals surface area contributed by atoms with Crippen molar-refractivity contribution in [1.29, 1.82) is 0 Å². The highest BCUT2D eigenvalue weighted by Gasteiger charge is 2.27. The van der Waals surface area contributed by atoms with Gasteiger partial charge in [-0.1, -0.05) is 6.42 Å². The van der Waals surface area contributed by atoms with Crippen molar-refractivity contribution in [3.63, 3.8) is 0 Å². The number of benzene rings is 1. The van der Waals surface area contributed by atoms with Crippen LogP contribution in [0.1, 0.15) is 19.3 Å². The Morgan fingerprint density at radius 1 is 1.33 bits per heavy atom. The van der Waals surface area contributed by atoms with E-state index >= 15 is 0 Å². The lowest BCUT2D eigenvalue weighted by Gasteiger charge is -2.19. The predicted octanol–water partition coefficient (Wildman–Crippen LogP) is 2.72. The summed E-state index contributed by atoms with van der Waals surface area (Å²) in [6.07, 6.45) is 3.10. The van der Waals surface area contributed by atoms with Crippen molar-refractivity contribution in [2.75, 3.05) is 12.3 Å². The third kappa shape index (κ3) is 5.13. The van der Waals surface area contributed by atoms with Gasteiger partial charge in [-0.05, 0) is 43.5 Å². The molecule has 1 aromatic rings. The highest BCUT2D eigenvalue weighted by molar-refractivity contribution is 8.00. The summed E-state index contributed by atoms with van der Waals surface area (Å²) in [6.45, 7) is 0.585. The van der Waals surface area contributed by atoms with Gasteiger partial charge in [-0.3, -0.25) is 4.79 Å². The van der Waals surface area contributed by atoms with E-state index in [-0.39, 0.29) is 30.1 Å². The van der Waals surface area contributed by atoms with Crippen LogP contribution in [0.4, 0.5) is 8.78 Å². The van der Waals surface area contributed by atoms with Crippen molar-refractivity contribution in [1.82, 2.24) is 5.32 Å². The largest absolute Gasteiger partial charge is 0.352 e. The molecule has 2 unspecified atom stereocenters. The molecule has 0 radical (unpaired) electrons. The number of nitrogens with two attached hydrogens (primary N) is 1. The molecule has 1 aliphatic carbocycles. The molecule has 0 heterocycles. The number of hydrogen-bond donors (Lipinski definition) is 2. The molecule has 0 spiro atoms. The fourth-order valence-electron chi connectivity index (χ4n) is 2.47. The smallest absolute Gasteiger partial charge is 0.230 e. The number of halogens is 3. The normalized spacial score (nSPS) is 20.9. The summed E-state index contributed by atoms with van der Waals surface area (Å²) in [5.41, 5.74) is 5.66. The Balaban J connectivity index is 0.00000220. The zero-order valence-corrected chi connectivity index (χ0v) is 13.1. The number of hydrogen-bond acceptors (Lipinski definition) is 3. The van der Waals surface area contributed by atoms with Gasteiger partial charge >= 0.3 is 0 Å². The number of amides is 1. The summed E-state index contributed by atoms with van der Waals surface area (Å²) >= 11 is 1.19. The maximum absolute atomic E-state index is 13.0. The topological polar surface area (TPSA) is 55.1 Å². The standard InChI is InChI=1S/C14H18F2N2OS.ClH/c15-11-5-4-10(6-12(11)16)20-8-14(19)18-13-3-1-2-9(13)7-17;/h4-6,9,13H,1-3,7-8,17H2,(H,18,19);1H.